The van der Waals surface area contributed by atoms with Gasteiger partial charge in [0.1, 0.15) is 102 Å². The molecule has 0 aliphatic carbocycles. The van der Waals surface area contributed by atoms with Gasteiger partial charge in [0, 0.05) is 42.4 Å². The molecule has 6 aliphatic heterocycles. The molecule has 0 fully saturated rings. The standard InChI is InChI=1S/C28H34F2N4O4S.C22H25F2N5O2S.C20H29FN4O3S/c1-16-12-17(29)15-31-24(16)20(35)13-18-8-9-19(30)25(33-18)28(7)22-10-11-32-39(22,37)27(5,6)21(34-28)14-23(36)38-26(2,3)4;1-12-9-13(23)11-26-18(12)16(30)10-14-5-6-15(24)19(28-14)22(4)17-7-8-27-32(17,31)21(2,3)20(25)29-22;1-18(2,3)28-16(26)11-13-19(4,5)29(27)14(9-10-23-29)20(6,25-13)17-12(21)7-8-15(22)24-17/h8-9,12,15,22H,10-11,13-14H2,1-7H3;5-6,9,11,17H,7-8,10H2,1-4H3,(H2,25,29);7-8,14H,9-11H2,1-6H3,(H2,22,24)/t22-,28-,39+;17-,22-,32+;14-,20-,29+/m000/s1. The summed E-state index contributed by atoms with van der Waals surface area (Å²) in [5.41, 5.74) is 8.91. The molecule has 0 unspecified atom stereocenters. The number of carbonyl (C=O) groups excluding carboxylic acids is 4. The summed E-state index contributed by atoms with van der Waals surface area (Å²) in [6, 6.07) is 10.3. The number of esters is 2. The van der Waals surface area contributed by atoms with Crippen molar-refractivity contribution >= 4 is 75.8 Å². The quantitative estimate of drug-likeness (QED) is 0.0628. The van der Waals surface area contributed by atoms with Gasteiger partial charge in [-0.25, -0.2) is 62.6 Å². The summed E-state index contributed by atoms with van der Waals surface area (Å²) < 4.78 is 136. The van der Waals surface area contributed by atoms with Crippen LogP contribution in [-0.2, 0) is 77.7 Å². The number of rotatable bonds is 13. The Labute approximate surface area is 581 Å². The first-order valence-corrected chi connectivity index (χ1v) is 37.5. The van der Waals surface area contributed by atoms with E-state index in [4.69, 9.17) is 30.9 Å². The highest BCUT2D eigenvalue weighted by molar-refractivity contribution is 7.97. The van der Waals surface area contributed by atoms with Crippen LogP contribution in [0.4, 0.5) is 27.8 Å². The van der Waals surface area contributed by atoms with Gasteiger partial charge in [0.2, 0.25) is 0 Å². The van der Waals surface area contributed by atoms with Crippen LogP contribution >= 0.6 is 0 Å². The SMILES string of the molecule is CC(C)(C)OC(=O)CC1=N[C@](C)(c2nc(N)ccc2F)[C@@H]2CCN=[S@]2(=O)C1(C)C.Cc1cc(F)cnc1C(=O)Cc1ccc(F)c([C@@]2(C)N=C(CC(=O)OC(C)(C)C)C(C)(C)[S@@]3(=O)=NCC[C@@H]23)n1.Cc1cc(F)cnc1C(=O)Cc1ccc(F)c([C@@]2(C)N=C(N)C(C)(C)[S@@]3(=O)=NCC[C@@H]23)n1. The van der Waals surface area contributed by atoms with Crippen LogP contribution in [0.3, 0.4) is 0 Å². The van der Waals surface area contributed by atoms with Gasteiger partial charge in [-0.2, -0.15) is 0 Å². The summed E-state index contributed by atoms with van der Waals surface area (Å²) in [7, 11) is -8.70. The average molecular weight is 1450 g/mol. The molecule has 11 rings (SSSR count). The number of fused-ring (bicyclic) bond motifs is 3. The van der Waals surface area contributed by atoms with E-state index in [0.29, 0.717) is 67.1 Å². The van der Waals surface area contributed by atoms with Crippen LogP contribution in [0.2, 0.25) is 0 Å². The lowest BCUT2D eigenvalue weighted by molar-refractivity contribution is -0.154. The number of nitrogens with zero attached hydrogens (tertiary/aromatic N) is 11. The molecule has 100 heavy (non-hydrogen) atoms. The Morgan fingerprint density at radius 1 is 0.490 bits per heavy atom. The molecule has 6 aliphatic rings. The monoisotopic (exact) mass is 1450 g/mol. The number of hydrogen-bond donors (Lipinski definition) is 2. The van der Waals surface area contributed by atoms with Crippen LogP contribution in [0.15, 0.2) is 89.0 Å². The van der Waals surface area contributed by atoms with Crippen LogP contribution in [0.1, 0.15) is 197 Å². The van der Waals surface area contributed by atoms with Crippen molar-refractivity contribution in [3.8, 4) is 0 Å². The Balaban J connectivity index is 0.000000177. The zero-order valence-corrected chi connectivity index (χ0v) is 61.9. The molecule has 0 saturated carbocycles. The van der Waals surface area contributed by atoms with E-state index in [-0.39, 0.29) is 77.3 Å². The van der Waals surface area contributed by atoms with Crippen LogP contribution in [0.25, 0.3) is 0 Å². The maximum Gasteiger partial charge on any atom is 0.312 e. The van der Waals surface area contributed by atoms with Gasteiger partial charge in [-0.05, 0) is 197 Å². The normalized spacial score (nSPS) is 28.2. The maximum atomic E-state index is 15.5. The van der Waals surface area contributed by atoms with E-state index in [1.807, 2.05) is 0 Å². The Kier molecular flexibility index (Phi) is 20.5. The number of ether oxygens (including phenoxy) is 2. The van der Waals surface area contributed by atoms with Crippen molar-refractivity contribution in [1.82, 2.24) is 24.9 Å². The molecular weight excluding hydrogens is 1360 g/mol. The first kappa shape index (κ1) is 76.3. The summed E-state index contributed by atoms with van der Waals surface area (Å²) in [4.78, 5) is 86.3. The Bertz CT molecular complexity index is 4710. The first-order valence-electron chi connectivity index (χ1n) is 32.8. The number of anilines is 1. The van der Waals surface area contributed by atoms with E-state index in [9.17, 15) is 45.0 Å². The van der Waals surface area contributed by atoms with E-state index in [2.05, 4.69) is 43.0 Å². The van der Waals surface area contributed by atoms with Crippen LogP contribution in [0, 0.1) is 42.9 Å². The molecule has 4 N–H and O–H groups in total. The highest BCUT2D eigenvalue weighted by Crippen LogP contribution is 2.52. The molecule has 0 spiro atoms. The molecule has 30 heteroatoms. The molecule has 0 amide bonds. The Hall–Kier alpha value is -7.86. The topological polar surface area (TPSA) is 329 Å². The van der Waals surface area contributed by atoms with Gasteiger partial charge in [0.25, 0.3) is 0 Å². The van der Waals surface area contributed by atoms with Gasteiger partial charge in [-0.1, -0.05) is 0 Å². The molecular formula is C70H88F5N13O9S3. The summed E-state index contributed by atoms with van der Waals surface area (Å²) in [5, 5.41) is -1.75. The van der Waals surface area contributed by atoms with E-state index < -0.39 is 134 Å². The number of nitrogen functional groups attached to an aromatic ring is 1. The number of hydrogen-bond acceptors (Lipinski definition) is 22. The molecule has 0 aromatic carbocycles. The van der Waals surface area contributed by atoms with Crippen LogP contribution in [-0.4, -0.2) is 139 Å². The van der Waals surface area contributed by atoms with Crippen molar-refractivity contribution < 1.29 is 63.2 Å². The second-order valence-corrected chi connectivity index (χ2v) is 38.8. The van der Waals surface area contributed by atoms with Crippen LogP contribution in [0.5, 0.6) is 0 Å². The third-order valence-corrected chi connectivity index (χ3v) is 30.4. The zero-order chi connectivity index (χ0) is 74.3. The minimum Gasteiger partial charge on any atom is -0.460 e. The summed E-state index contributed by atoms with van der Waals surface area (Å²) in [6.07, 6.45) is 2.59. The molecule has 0 saturated heterocycles. The molecule has 0 radical (unpaired) electrons. The number of ketones is 2. The van der Waals surface area contributed by atoms with Crippen molar-refractivity contribution in [2.24, 2.45) is 33.8 Å². The number of Topliss-reactive ketones (excluding diaryl/α,β-unsaturated/α-hetero) is 2. The van der Waals surface area contributed by atoms with Crippen molar-refractivity contribution in [1.29, 1.82) is 0 Å². The fourth-order valence-corrected chi connectivity index (χ4v) is 23.6. The predicted octanol–water partition coefficient (Wildman–Crippen LogP) is 11.2. The number of nitrogens with two attached hydrogens (primary N) is 2. The van der Waals surface area contributed by atoms with Gasteiger partial charge in [-0.15, -0.1) is 0 Å². The largest absolute Gasteiger partial charge is 0.460 e. The van der Waals surface area contributed by atoms with Crippen LogP contribution < -0.4 is 11.5 Å². The highest BCUT2D eigenvalue weighted by Gasteiger charge is 2.61. The zero-order valence-electron chi connectivity index (χ0n) is 59.4. The summed E-state index contributed by atoms with van der Waals surface area (Å²) >= 11 is 0. The molecule has 0 bridgehead atoms. The number of pyridine rings is 5. The predicted molar refractivity (Wildman–Crippen MR) is 374 cm³/mol. The van der Waals surface area contributed by atoms with Gasteiger partial charge < -0.3 is 20.9 Å². The number of halogens is 5. The first-order chi connectivity index (χ1) is 46.1. The number of amidine groups is 1. The minimum absolute atomic E-state index is 0.0140. The molecule has 9 atom stereocenters. The lowest BCUT2D eigenvalue weighted by atomic mass is 9.88. The number of aryl methyl sites for hydroxylation is 2. The van der Waals surface area contributed by atoms with Gasteiger partial charge in [-0.3, -0.25) is 44.1 Å². The van der Waals surface area contributed by atoms with Gasteiger partial charge in [0.15, 0.2) is 11.6 Å². The van der Waals surface area contributed by atoms with E-state index >= 15 is 8.78 Å². The molecule has 5 aromatic heterocycles. The summed E-state index contributed by atoms with van der Waals surface area (Å²) in [6.45, 7) is 30.4. The smallest absolute Gasteiger partial charge is 0.312 e. The molecule has 22 nitrogen and oxygen atoms in total. The van der Waals surface area contributed by atoms with Gasteiger partial charge >= 0.3 is 11.9 Å². The van der Waals surface area contributed by atoms with E-state index in [1.165, 1.54) is 48.5 Å². The lowest BCUT2D eigenvalue weighted by Gasteiger charge is -2.45. The van der Waals surface area contributed by atoms with Gasteiger partial charge in [0.05, 0.1) is 92.5 Å². The van der Waals surface area contributed by atoms with Crippen molar-refractivity contribution in [3.63, 3.8) is 0 Å². The fourth-order valence-electron chi connectivity index (χ4n) is 13.9. The van der Waals surface area contributed by atoms with E-state index in [0.717, 1.165) is 12.4 Å². The van der Waals surface area contributed by atoms with Crippen molar-refractivity contribution in [2.45, 2.75) is 220 Å². The second-order valence-electron chi connectivity index (χ2n) is 29.9. The molecule has 11 heterocycles. The minimum atomic E-state index is -3.01. The Morgan fingerprint density at radius 2 is 0.820 bits per heavy atom. The highest BCUT2D eigenvalue weighted by atomic mass is 32.2. The maximum absolute atomic E-state index is 15.5. The molecule has 540 valence electrons. The fraction of sp³-hybridized carbons (Fsp3) is 0.543. The lowest BCUT2D eigenvalue weighted by Crippen LogP contribution is -2.58. The second kappa shape index (κ2) is 26.8. The Morgan fingerprint density at radius 3 is 1.17 bits per heavy atom. The van der Waals surface area contributed by atoms with Crippen molar-refractivity contribution in [2.75, 3.05) is 25.4 Å². The number of carbonyl (C=O) groups is 4. The molecule has 5 aromatic rings. The number of aromatic nitrogens is 5. The average Bonchev–Trinajstić information content (AvgIpc) is 1.38. The third-order valence-electron chi connectivity index (χ3n) is 19.2. The third kappa shape index (κ3) is 14.0. The van der Waals surface area contributed by atoms with E-state index in [1.54, 1.807) is 118 Å². The number of aliphatic imine (C=N–C) groups is 3. The van der Waals surface area contributed by atoms with Crippen molar-refractivity contribution in [3.05, 3.63) is 141 Å². The summed E-state index contributed by atoms with van der Waals surface area (Å²) in [5.74, 6) is -4.44.